The lowest BCUT2D eigenvalue weighted by molar-refractivity contribution is 0.0964. The molecule has 0 saturated carbocycles. The van der Waals surface area contributed by atoms with E-state index in [1.807, 2.05) is 4.57 Å². The van der Waals surface area contributed by atoms with Crippen molar-refractivity contribution in [1.29, 1.82) is 0 Å². The Morgan fingerprint density at radius 1 is 1.11 bits per heavy atom. The molecular formula is C31H24FN5O6S. The lowest BCUT2D eigenvalue weighted by atomic mass is 10.0. The van der Waals surface area contributed by atoms with Gasteiger partial charge >= 0.3 is 0 Å². The number of H-pyrrole nitrogens is 1. The first-order valence-electron chi connectivity index (χ1n) is 13.6. The highest BCUT2D eigenvalue weighted by Crippen LogP contribution is 2.42. The Morgan fingerprint density at radius 2 is 1.95 bits per heavy atom. The Hall–Kier alpha value is -5.43. The smallest absolute Gasteiger partial charge is 0.255 e. The molecule has 6 aromatic rings. The van der Waals surface area contributed by atoms with E-state index in [9.17, 15) is 22.4 Å². The van der Waals surface area contributed by atoms with Gasteiger partial charge in [0.15, 0.2) is 6.73 Å². The van der Waals surface area contributed by atoms with Crippen molar-refractivity contribution in [2.45, 2.75) is 13.7 Å². The first-order chi connectivity index (χ1) is 21.2. The van der Waals surface area contributed by atoms with Crippen molar-refractivity contribution in [1.82, 2.24) is 19.9 Å². The van der Waals surface area contributed by atoms with Gasteiger partial charge < -0.3 is 24.0 Å². The summed E-state index contributed by atoms with van der Waals surface area (Å²) in [5.41, 5.74) is 3.21. The van der Waals surface area contributed by atoms with Gasteiger partial charge in [-0.3, -0.25) is 14.3 Å². The van der Waals surface area contributed by atoms with Crippen LogP contribution in [0.5, 0.6) is 5.75 Å². The number of hydrogen-bond donors (Lipinski definition) is 3. The van der Waals surface area contributed by atoms with Gasteiger partial charge in [-0.1, -0.05) is 6.07 Å². The van der Waals surface area contributed by atoms with Gasteiger partial charge in [0.1, 0.15) is 28.6 Å². The van der Waals surface area contributed by atoms with Crippen molar-refractivity contribution < 1.29 is 26.8 Å². The number of carbonyl (C=O) groups excluding carboxylic acids is 1. The highest BCUT2D eigenvalue weighted by atomic mass is 32.2. The van der Waals surface area contributed by atoms with Gasteiger partial charge in [0, 0.05) is 47.3 Å². The molecule has 44 heavy (non-hydrogen) atoms. The highest BCUT2D eigenvalue weighted by molar-refractivity contribution is 7.92. The summed E-state index contributed by atoms with van der Waals surface area (Å²) >= 11 is 0. The molecule has 1 amide bonds. The van der Waals surface area contributed by atoms with Crippen LogP contribution in [-0.2, 0) is 16.8 Å². The molecule has 222 valence electrons. The van der Waals surface area contributed by atoms with Gasteiger partial charge in [0.05, 0.1) is 33.9 Å². The summed E-state index contributed by atoms with van der Waals surface area (Å²) in [6, 6.07) is 15.9. The number of benzene rings is 2. The van der Waals surface area contributed by atoms with E-state index >= 15 is 0 Å². The van der Waals surface area contributed by atoms with Gasteiger partial charge in [-0.05, 0) is 49.4 Å². The third-order valence-electron chi connectivity index (χ3n) is 7.59. The number of pyridine rings is 2. The number of sulfonamides is 1. The Balaban J connectivity index is 1.48. The predicted molar refractivity (Wildman–Crippen MR) is 163 cm³/mol. The van der Waals surface area contributed by atoms with Crippen LogP contribution in [-0.4, -0.2) is 41.7 Å². The van der Waals surface area contributed by atoms with E-state index in [0.29, 0.717) is 50.2 Å². The van der Waals surface area contributed by atoms with Gasteiger partial charge in [0.25, 0.3) is 5.91 Å². The Bertz CT molecular complexity index is 2300. The molecule has 0 spiro atoms. The van der Waals surface area contributed by atoms with Crippen LogP contribution in [0, 0.1) is 5.82 Å². The number of ether oxygens (including phenoxy) is 1. The van der Waals surface area contributed by atoms with Crippen LogP contribution in [0.4, 0.5) is 10.1 Å². The Kier molecular flexibility index (Phi) is 6.28. The number of nitrogens with zero attached hydrogens (tertiary/aromatic N) is 2. The van der Waals surface area contributed by atoms with Gasteiger partial charge in [-0.2, -0.15) is 0 Å². The number of rotatable bonds is 6. The molecule has 0 fully saturated rings. The summed E-state index contributed by atoms with van der Waals surface area (Å²) in [7, 11) is -2.27. The van der Waals surface area contributed by atoms with Crippen LogP contribution in [0.15, 0.2) is 76.1 Å². The van der Waals surface area contributed by atoms with Crippen LogP contribution in [0.25, 0.3) is 55.8 Å². The number of amides is 1. The van der Waals surface area contributed by atoms with E-state index < -0.39 is 15.9 Å². The molecular weight excluding hydrogens is 589 g/mol. The highest BCUT2D eigenvalue weighted by Gasteiger charge is 2.27. The minimum atomic E-state index is -3.75. The fraction of sp³-hybridized carbons (Fsp3) is 0.129. The minimum absolute atomic E-state index is 0.169. The number of aromatic amines is 1. The molecule has 2 aromatic carbocycles. The minimum Gasteiger partial charge on any atom is -0.470 e. The molecule has 13 heteroatoms. The quantitative estimate of drug-likeness (QED) is 0.237. The molecule has 0 aliphatic carbocycles. The van der Waals surface area contributed by atoms with E-state index in [1.54, 1.807) is 36.4 Å². The van der Waals surface area contributed by atoms with Crippen LogP contribution < -0.4 is 20.3 Å². The maximum absolute atomic E-state index is 14.7. The van der Waals surface area contributed by atoms with Crippen molar-refractivity contribution in [2.24, 2.45) is 0 Å². The second kappa shape index (κ2) is 10.1. The van der Waals surface area contributed by atoms with E-state index in [2.05, 4.69) is 15.0 Å². The van der Waals surface area contributed by atoms with Crippen molar-refractivity contribution in [3.05, 3.63) is 88.6 Å². The molecule has 4 aromatic heterocycles. The number of hydrogen-bond acceptors (Lipinski definition) is 7. The van der Waals surface area contributed by atoms with Crippen molar-refractivity contribution in [3.63, 3.8) is 0 Å². The lowest BCUT2D eigenvalue weighted by Crippen LogP contribution is -2.18. The number of aromatic nitrogens is 3. The molecule has 7 rings (SSSR count). The third kappa shape index (κ3) is 4.40. The fourth-order valence-corrected chi connectivity index (χ4v) is 6.05. The third-order valence-corrected chi connectivity index (χ3v) is 8.88. The second-order valence-electron chi connectivity index (χ2n) is 10.2. The normalized spacial score (nSPS) is 12.5. The molecule has 11 nitrogen and oxygen atoms in total. The first kappa shape index (κ1) is 27.4. The standard InChI is InChI=1S/C31H24FN5O6S/c1-3-44(40,41)36-22-13-26-19(28(31(39)33-2)30(43-26)16-7-10-27(38)34-14-16)11-18(22)21-8-9-25-29(35-21)24-12-17-20(32)5-4-6-23(17)37(24)15-42-25/h4-14,36H,3,15H2,1-2H3,(H,33,39)(H,34,38). The maximum atomic E-state index is 14.7. The Labute approximate surface area is 249 Å². The summed E-state index contributed by atoms with van der Waals surface area (Å²) in [6.07, 6.45) is 1.43. The average molecular weight is 614 g/mol. The van der Waals surface area contributed by atoms with Crippen molar-refractivity contribution >= 4 is 43.5 Å². The number of fused-ring (bicyclic) bond motifs is 6. The second-order valence-corrected chi connectivity index (χ2v) is 12.2. The van der Waals surface area contributed by atoms with Crippen LogP contribution >= 0.6 is 0 Å². The molecule has 0 atom stereocenters. The summed E-state index contributed by atoms with van der Waals surface area (Å²) in [5, 5.41) is 3.44. The van der Waals surface area contributed by atoms with E-state index in [1.165, 1.54) is 44.4 Å². The number of nitrogens with one attached hydrogen (secondary N) is 3. The zero-order valence-electron chi connectivity index (χ0n) is 23.4. The zero-order valence-corrected chi connectivity index (χ0v) is 24.2. The SMILES string of the molecule is CCS(=O)(=O)Nc1cc2oc(-c3ccc(=O)[nH]c3)c(C(=O)NC)c2cc1-c1ccc2c(n1)-c1cc3c(F)cccc3n1CO2. The number of anilines is 1. The molecule has 0 saturated heterocycles. The Morgan fingerprint density at radius 3 is 2.70 bits per heavy atom. The molecule has 0 bridgehead atoms. The molecule has 0 radical (unpaired) electrons. The molecule has 5 heterocycles. The van der Waals surface area contributed by atoms with Gasteiger partial charge in [-0.25, -0.2) is 17.8 Å². The molecule has 3 N–H and O–H groups in total. The number of carbonyl (C=O) groups is 1. The van der Waals surface area contributed by atoms with Gasteiger partial charge in [0.2, 0.25) is 15.6 Å². The van der Waals surface area contributed by atoms with Crippen molar-refractivity contribution in [3.8, 4) is 39.7 Å². The van der Waals surface area contributed by atoms with Crippen LogP contribution in [0.1, 0.15) is 17.3 Å². The van der Waals surface area contributed by atoms with E-state index in [0.717, 1.165) is 0 Å². The summed E-state index contributed by atoms with van der Waals surface area (Å²) in [6.45, 7) is 1.68. The number of furan rings is 1. The van der Waals surface area contributed by atoms with Crippen molar-refractivity contribution in [2.75, 3.05) is 17.5 Å². The molecule has 1 aliphatic heterocycles. The average Bonchev–Trinajstić information content (AvgIpc) is 3.60. The summed E-state index contributed by atoms with van der Waals surface area (Å²) in [4.78, 5) is 32.3. The van der Waals surface area contributed by atoms with E-state index in [4.69, 9.17) is 14.1 Å². The fourth-order valence-electron chi connectivity index (χ4n) is 5.40. The topological polar surface area (TPSA) is 148 Å². The monoisotopic (exact) mass is 613 g/mol. The molecule has 0 unspecified atom stereocenters. The first-order valence-corrected chi connectivity index (χ1v) is 15.3. The zero-order chi connectivity index (χ0) is 30.7. The number of halogens is 1. The predicted octanol–water partition coefficient (Wildman–Crippen LogP) is 5.08. The van der Waals surface area contributed by atoms with Crippen LogP contribution in [0.2, 0.25) is 0 Å². The lowest BCUT2D eigenvalue weighted by Gasteiger charge is -2.21. The summed E-state index contributed by atoms with van der Waals surface area (Å²) < 4.78 is 56.7. The maximum Gasteiger partial charge on any atom is 0.255 e. The largest absolute Gasteiger partial charge is 0.470 e. The molecule has 1 aliphatic rings. The van der Waals surface area contributed by atoms with Crippen LogP contribution in [0.3, 0.4) is 0 Å². The summed E-state index contributed by atoms with van der Waals surface area (Å²) in [5.74, 6) is -0.336. The van der Waals surface area contributed by atoms with Gasteiger partial charge in [-0.15, -0.1) is 0 Å². The van der Waals surface area contributed by atoms with E-state index in [-0.39, 0.29) is 46.5 Å².